The van der Waals surface area contributed by atoms with E-state index >= 15 is 0 Å². The molecule has 0 amide bonds. The molecule has 5 heteroatoms. The minimum absolute atomic E-state index is 0.375. The molecule has 0 aliphatic carbocycles. The van der Waals surface area contributed by atoms with Gasteiger partial charge in [0.25, 0.3) is 0 Å². The van der Waals surface area contributed by atoms with Gasteiger partial charge in [0.05, 0.1) is 12.7 Å². The first-order valence-corrected chi connectivity index (χ1v) is 3.96. The fourth-order valence-corrected chi connectivity index (χ4v) is 1.09. The van der Waals surface area contributed by atoms with E-state index < -0.39 is 5.97 Å². The smallest absolute Gasteiger partial charge is 0.339 e. The second-order valence-corrected chi connectivity index (χ2v) is 2.61. The zero-order valence-electron chi connectivity index (χ0n) is 7.47. The molecular formula is C9H7N3O2. The van der Waals surface area contributed by atoms with E-state index in [1.54, 1.807) is 18.5 Å². The zero-order chi connectivity index (χ0) is 9.97. The van der Waals surface area contributed by atoms with E-state index in [4.69, 9.17) is 0 Å². The van der Waals surface area contributed by atoms with E-state index in [1.807, 2.05) is 0 Å². The van der Waals surface area contributed by atoms with Gasteiger partial charge in [0.1, 0.15) is 5.52 Å². The highest BCUT2D eigenvalue weighted by atomic mass is 16.5. The quantitative estimate of drug-likeness (QED) is 0.621. The predicted octanol–water partition coefficient (Wildman–Crippen LogP) is 0.811. The third-order valence-corrected chi connectivity index (χ3v) is 1.75. The van der Waals surface area contributed by atoms with Crippen LogP contribution in [-0.2, 0) is 4.74 Å². The van der Waals surface area contributed by atoms with Gasteiger partial charge in [0, 0.05) is 18.6 Å². The Hall–Kier alpha value is -2.04. The maximum atomic E-state index is 11.1. The van der Waals surface area contributed by atoms with Crippen molar-refractivity contribution in [3.05, 3.63) is 30.2 Å². The van der Waals surface area contributed by atoms with E-state index in [0.29, 0.717) is 16.7 Å². The SMILES string of the molecule is COC(=O)c1cnc2nccnc2c1. The van der Waals surface area contributed by atoms with E-state index in [1.165, 1.54) is 13.3 Å². The third kappa shape index (κ3) is 1.39. The zero-order valence-corrected chi connectivity index (χ0v) is 7.47. The molecule has 0 saturated carbocycles. The summed E-state index contributed by atoms with van der Waals surface area (Å²) in [4.78, 5) is 23.1. The van der Waals surface area contributed by atoms with Crippen molar-refractivity contribution in [1.29, 1.82) is 0 Å². The molecule has 0 aromatic carbocycles. The summed E-state index contributed by atoms with van der Waals surface area (Å²) in [5.74, 6) is -0.426. The Balaban J connectivity index is 2.56. The minimum atomic E-state index is -0.426. The standard InChI is InChI=1S/C9H7N3O2/c1-14-9(13)6-4-7-8(12-5-6)11-3-2-10-7/h2-5H,1H3. The molecule has 0 atom stereocenters. The fraction of sp³-hybridized carbons (Fsp3) is 0.111. The highest BCUT2D eigenvalue weighted by molar-refractivity contribution is 5.91. The van der Waals surface area contributed by atoms with Crippen LogP contribution in [0.5, 0.6) is 0 Å². The van der Waals surface area contributed by atoms with Crippen LogP contribution in [0.3, 0.4) is 0 Å². The lowest BCUT2D eigenvalue weighted by Gasteiger charge is -1.99. The highest BCUT2D eigenvalue weighted by Gasteiger charge is 2.07. The van der Waals surface area contributed by atoms with E-state index in [2.05, 4.69) is 19.7 Å². The molecule has 2 aromatic heterocycles. The number of rotatable bonds is 1. The second-order valence-electron chi connectivity index (χ2n) is 2.61. The fourth-order valence-electron chi connectivity index (χ4n) is 1.09. The van der Waals surface area contributed by atoms with Crippen LogP contribution in [0.25, 0.3) is 11.2 Å². The maximum Gasteiger partial charge on any atom is 0.339 e. The van der Waals surface area contributed by atoms with Crippen LogP contribution < -0.4 is 0 Å². The number of nitrogens with zero attached hydrogens (tertiary/aromatic N) is 3. The van der Waals surface area contributed by atoms with Gasteiger partial charge >= 0.3 is 5.97 Å². The van der Waals surface area contributed by atoms with Crippen molar-refractivity contribution in [2.45, 2.75) is 0 Å². The van der Waals surface area contributed by atoms with Crippen LogP contribution in [0.4, 0.5) is 0 Å². The second kappa shape index (κ2) is 3.37. The number of esters is 1. The molecule has 0 saturated heterocycles. The maximum absolute atomic E-state index is 11.1. The van der Waals surface area contributed by atoms with E-state index in [-0.39, 0.29) is 0 Å². The molecule has 0 bridgehead atoms. The number of pyridine rings is 1. The lowest BCUT2D eigenvalue weighted by atomic mass is 10.3. The van der Waals surface area contributed by atoms with Crippen molar-refractivity contribution in [3.8, 4) is 0 Å². The Morgan fingerprint density at radius 3 is 2.86 bits per heavy atom. The molecular weight excluding hydrogens is 182 g/mol. The summed E-state index contributed by atoms with van der Waals surface area (Å²) in [5.41, 5.74) is 1.47. The molecule has 5 nitrogen and oxygen atoms in total. The van der Waals surface area contributed by atoms with Gasteiger partial charge < -0.3 is 4.74 Å². The molecule has 0 aliphatic heterocycles. The van der Waals surface area contributed by atoms with Crippen LogP contribution in [0.2, 0.25) is 0 Å². The van der Waals surface area contributed by atoms with Crippen molar-refractivity contribution in [2.24, 2.45) is 0 Å². The molecule has 0 aliphatic rings. The molecule has 0 N–H and O–H groups in total. The van der Waals surface area contributed by atoms with Crippen LogP contribution in [-0.4, -0.2) is 28.0 Å². The third-order valence-electron chi connectivity index (χ3n) is 1.75. The summed E-state index contributed by atoms with van der Waals surface area (Å²) in [6.07, 6.45) is 4.51. The topological polar surface area (TPSA) is 65.0 Å². The summed E-state index contributed by atoms with van der Waals surface area (Å²) < 4.78 is 4.56. The summed E-state index contributed by atoms with van der Waals surface area (Å²) in [7, 11) is 1.32. The lowest BCUT2D eigenvalue weighted by molar-refractivity contribution is 0.0600. The molecule has 14 heavy (non-hydrogen) atoms. The van der Waals surface area contributed by atoms with Crippen molar-refractivity contribution < 1.29 is 9.53 Å². The van der Waals surface area contributed by atoms with E-state index in [9.17, 15) is 4.79 Å². The van der Waals surface area contributed by atoms with Gasteiger partial charge in [-0.3, -0.25) is 4.98 Å². The van der Waals surface area contributed by atoms with Crippen molar-refractivity contribution in [2.75, 3.05) is 7.11 Å². The van der Waals surface area contributed by atoms with Crippen LogP contribution in [0.15, 0.2) is 24.7 Å². The molecule has 2 aromatic rings. The Labute approximate surface area is 79.8 Å². The van der Waals surface area contributed by atoms with Gasteiger partial charge in [-0.1, -0.05) is 0 Å². The monoisotopic (exact) mass is 189 g/mol. The van der Waals surface area contributed by atoms with Gasteiger partial charge in [-0.15, -0.1) is 0 Å². The Morgan fingerprint density at radius 1 is 1.29 bits per heavy atom. The van der Waals surface area contributed by atoms with Crippen LogP contribution >= 0.6 is 0 Å². The number of hydrogen-bond acceptors (Lipinski definition) is 5. The molecule has 0 fully saturated rings. The first-order chi connectivity index (χ1) is 6.81. The summed E-state index contributed by atoms with van der Waals surface area (Å²) in [6.45, 7) is 0. The number of carbonyl (C=O) groups is 1. The number of hydrogen-bond donors (Lipinski definition) is 0. The first kappa shape index (κ1) is 8.55. The molecule has 0 radical (unpaired) electrons. The summed E-state index contributed by atoms with van der Waals surface area (Å²) in [6, 6.07) is 1.60. The lowest BCUT2D eigenvalue weighted by Crippen LogP contribution is -2.02. The van der Waals surface area contributed by atoms with Crippen molar-refractivity contribution in [1.82, 2.24) is 15.0 Å². The number of fused-ring (bicyclic) bond motifs is 1. The molecule has 0 unspecified atom stereocenters. The predicted molar refractivity (Wildman–Crippen MR) is 48.7 cm³/mol. The van der Waals surface area contributed by atoms with E-state index in [0.717, 1.165) is 0 Å². The Kier molecular flexibility index (Phi) is 2.06. The number of carbonyl (C=O) groups excluding carboxylic acids is 1. The minimum Gasteiger partial charge on any atom is -0.465 e. The Bertz CT molecular complexity index is 484. The largest absolute Gasteiger partial charge is 0.465 e. The van der Waals surface area contributed by atoms with Crippen LogP contribution in [0, 0.1) is 0 Å². The number of methoxy groups -OCH3 is 1. The summed E-state index contributed by atoms with van der Waals surface area (Å²) >= 11 is 0. The average Bonchev–Trinajstić information content (AvgIpc) is 2.27. The van der Waals surface area contributed by atoms with Crippen molar-refractivity contribution >= 4 is 17.1 Å². The highest BCUT2D eigenvalue weighted by Crippen LogP contribution is 2.08. The van der Waals surface area contributed by atoms with Crippen molar-refractivity contribution in [3.63, 3.8) is 0 Å². The molecule has 70 valence electrons. The van der Waals surface area contributed by atoms with Gasteiger partial charge in [0.15, 0.2) is 5.65 Å². The van der Waals surface area contributed by atoms with Crippen LogP contribution in [0.1, 0.15) is 10.4 Å². The molecule has 2 rings (SSSR count). The van der Waals surface area contributed by atoms with Gasteiger partial charge in [-0.25, -0.2) is 14.8 Å². The molecule has 2 heterocycles. The van der Waals surface area contributed by atoms with Gasteiger partial charge in [0.2, 0.25) is 0 Å². The number of ether oxygens (including phenoxy) is 1. The molecule has 0 spiro atoms. The number of aromatic nitrogens is 3. The van der Waals surface area contributed by atoms with Gasteiger partial charge in [-0.05, 0) is 6.07 Å². The first-order valence-electron chi connectivity index (χ1n) is 3.96. The van der Waals surface area contributed by atoms with Gasteiger partial charge in [-0.2, -0.15) is 0 Å². The Morgan fingerprint density at radius 2 is 2.07 bits per heavy atom. The summed E-state index contributed by atoms with van der Waals surface area (Å²) in [5, 5.41) is 0. The average molecular weight is 189 g/mol. The normalized spacial score (nSPS) is 10.1.